The van der Waals surface area contributed by atoms with E-state index in [0.717, 1.165) is 12.2 Å². The second-order valence-electron chi connectivity index (χ2n) is 6.41. The fourth-order valence-electron chi connectivity index (χ4n) is 2.70. The lowest BCUT2D eigenvalue weighted by Gasteiger charge is -2.26. The Bertz CT molecular complexity index is 545. The molecule has 6 nitrogen and oxygen atoms in total. The van der Waals surface area contributed by atoms with Gasteiger partial charge in [0.1, 0.15) is 0 Å². The Morgan fingerprint density at radius 3 is 2.35 bits per heavy atom. The van der Waals surface area contributed by atoms with Crippen molar-refractivity contribution in [2.45, 2.75) is 60.4 Å². The average Bonchev–Trinajstić information content (AvgIpc) is 2.90. The Morgan fingerprint density at radius 1 is 1.30 bits per heavy atom. The molecule has 1 amide bonds. The molecule has 0 atom stereocenters. The van der Waals surface area contributed by atoms with Gasteiger partial charge in [-0.15, -0.1) is 0 Å². The highest BCUT2D eigenvalue weighted by molar-refractivity contribution is 5.95. The molecule has 0 fully saturated rings. The van der Waals surface area contributed by atoms with Crippen LogP contribution in [0.3, 0.4) is 0 Å². The maximum absolute atomic E-state index is 12.5. The Balaban J connectivity index is 2.90. The molecule has 6 heteroatoms. The summed E-state index contributed by atoms with van der Waals surface area (Å²) in [6.07, 6.45) is 3.25. The summed E-state index contributed by atoms with van der Waals surface area (Å²) in [5.74, 6) is -0.672. The second kappa shape index (κ2) is 8.13. The van der Waals surface area contributed by atoms with E-state index in [1.165, 1.54) is 0 Å². The fourth-order valence-corrected chi connectivity index (χ4v) is 2.70. The van der Waals surface area contributed by atoms with Gasteiger partial charge in [0.25, 0.3) is 5.91 Å². The normalized spacial score (nSPS) is 11.7. The van der Waals surface area contributed by atoms with Gasteiger partial charge in [0.15, 0.2) is 0 Å². The molecule has 1 aromatic rings. The van der Waals surface area contributed by atoms with Crippen molar-refractivity contribution < 1.29 is 14.7 Å². The molecule has 23 heavy (non-hydrogen) atoms. The summed E-state index contributed by atoms with van der Waals surface area (Å²) >= 11 is 0. The molecule has 0 bridgehead atoms. The van der Waals surface area contributed by atoms with Gasteiger partial charge >= 0.3 is 5.97 Å². The van der Waals surface area contributed by atoms with Crippen molar-refractivity contribution >= 4 is 11.9 Å². The van der Waals surface area contributed by atoms with Crippen LogP contribution < -0.4 is 5.32 Å². The predicted octanol–water partition coefficient (Wildman–Crippen LogP) is 2.72. The number of aliphatic carboxylic acids is 1. The molecule has 2 N–H and O–H groups in total. The number of nitrogens with one attached hydrogen (secondary N) is 1. The molecule has 0 aromatic carbocycles. The van der Waals surface area contributed by atoms with E-state index in [1.54, 1.807) is 6.20 Å². The summed E-state index contributed by atoms with van der Waals surface area (Å²) in [5.41, 5.74) is 0.528. The molecule has 0 saturated heterocycles. The van der Waals surface area contributed by atoms with E-state index in [-0.39, 0.29) is 12.5 Å². The number of nitrogens with zero attached hydrogens (tertiary/aromatic N) is 2. The lowest BCUT2D eigenvalue weighted by atomic mass is 9.82. The van der Waals surface area contributed by atoms with E-state index in [0.29, 0.717) is 30.7 Å². The minimum atomic E-state index is -0.907. The van der Waals surface area contributed by atoms with Gasteiger partial charge in [0.2, 0.25) is 0 Å². The van der Waals surface area contributed by atoms with Crippen molar-refractivity contribution in [3.8, 4) is 0 Å². The molecule has 1 rings (SSSR count). The molecule has 1 heterocycles. The number of carbonyl (C=O) groups is 2. The van der Waals surface area contributed by atoms with Crippen molar-refractivity contribution in [2.75, 3.05) is 6.54 Å². The minimum Gasteiger partial charge on any atom is -0.481 e. The van der Waals surface area contributed by atoms with Crippen LogP contribution in [0.4, 0.5) is 0 Å². The van der Waals surface area contributed by atoms with Crippen LogP contribution in [-0.4, -0.2) is 33.3 Å². The van der Waals surface area contributed by atoms with Crippen LogP contribution in [0.25, 0.3) is 0 Å². The Hall–Kier alpha value is -1.85. The molecule has 0 saturated carbocycles. The molecule has 0 aliphatic heterocycles. The highest BCUT2D eigenvalue weighted by Crippen LogP contribution is 2.26. The summed E-state index contributed by atoms with van der Waals surface area (Å²) < 4.78 is 1.86. The van der Waals surface area contributed by atoms with Gasteiger partial charge in [-0.05, 0) is 25.2 Å². The summed E-state index contributed by atoms with van der Waals surface area (Å²) in [6.45, 7) is 10.8. The topological polar surface area (TPSA) is 84.2 Å². The third kappa shape index (κ3) is 4.33. The van der Waals surface area contributed by atoms with Crippen LogP contribution in [-0.2, 0) is 17.8 Å². The van der Waals surface area contributed by atoms with E-state index < -0.39 is 11.4 Å². The Kier molecular flexibility index (Phi) is 6.79. The Morgan fingerprint density at radius 2 is 1.91 bits per heavy atom. The number of carbonyl (C=O) groups excluding carboxylic acids is 1. The number of hydrogen-bond acceptors (Lipinski definition) is 3. The molecule has 0 radical (unpaired) electrons. The third-order valence-electron chi connectivity index (χ3n) is 4.46. The van der Waals surface area contributed by atoms with Crippen LogP contribution >= 0.6 is 0 Å². The molecule has 0 aliphatic carbocycles. The van der Waals surface area contributed by atoms with E-state index in [1.807, 2.05) is 25.5 Å². The maximum Gasteiger partial charge on any atom is 0.311 e. The van der Waals surface area contributed by atoms with Crippen molar-refractivity contribution in [3.63, 3.8) is 0 Å². The zero-order valence-corrected chi connectivity index (χ0v) is 14.8. The number of hydrogen-bond donors (Lipinski definition) is 2. The first-order chi connectivity index (χ1) is 10.8. The largest absolute Gasteiger partial charge is 0.481 e. The van der Waals surface area contributed by atoms with Gasteiger partial charge in [0.05, 0.1) is 22.9 Å². The predicted molar refractivity (Wildman–Crippen MR) is 89.4 cm³/mol. The maximum atomic E-state index is 12.5. The summed E-state index contributed by atoms with van der Waals surface area (Å²) in [4.78, 5) is 24.0. The highest BCUT2D eigenvalue weighted by Gasteiger charge is 2.35. The number of aromatic nitrogens is 2. The van der Waals surface area contributed by atoms with Gasteiger partial charge in [0, 0.05) is 13.1 Å². The van der Waals surface area contributed by atoms with Gasteiger partial charge < -0.3 is 10.4 Å². The zero-order chi connectivity index (χ0) is 17.6. The van der Waals surface area contributed by atoms with E-state index in [9.17, 15) is 14.7 Å². The van der Waals surface area contributed by atoms with E-state index >= 15 is 0 Å². The third-order valence-corrected chi connectivity index (χ3v) is 4.46. The number of carboxylic acids is 1. The lowest BCUT2D eigenvalue weighted by molar-refractivity contribution is -0.149. The molecule has 0 spiro atoms. The van der Waals surface area contributed by atoms with Crippen molar-refractivity contribution in [1.29, 1.82) is 0 Å². The van der Waals surface area contributed by atoms with Crippen LogP contribution in [0.5, 0.6) is 0 Å². The number of amides is 1. The average molecular weight is 323 g/mol. The van der Waals surface area contributed by atoms with Gasteiger partial charge in [-0.3, -0.25) is 14.3 Å². The molecule has 130 valence electrons. The minimum absolute atomic E-state index is 0.132. The van der Waals surface area contributed by atoms with Gasteiger partial charge in [-0.2, -0.15) is 5.10 Å². The molecular formula is C17H29N3O3. The number of carboxylic acid groups (broad SMARTS) is 1. The standard InChI is InChI=1S/C17H29N3O3/c1-6-14-13(9-19-20(14)10-12(4)5)15(21)18-11-17(7-2,8-3)16(22)23/h9,12H,6-8,10-11H2,1-5H3,(H,18,21)(H,22,23). The van der Waals surface area contributed by atoms with Crippen LogP contribution in [0.2, 0.25) is 0 Å². The summed E-state index contributed by atoms with van der Waals surface area (Å²) in [7, 11) is 0. The fraction of sp³-hybridized carbons (Fsp3) is 0.706. The first kappa shape index (κ1) is 19.2. The van der Waals surface area contributed by atoms with Crippen molar-refractivity contribution in [2.24, 2.45) is 11.3 Å². The quantitative estimate of drug-likeness (QED) is 0.732. The Labute approximate surface area is 138 Å². The number of rotatable bonds is 9. The molecule has 0 aliphatic rings. The molecular weight excluding hydrogens is 294 g/mol. The first-order valence-electron chi connectivity index (χ1n) is 8.37. The van der Waals surface area contributed by atoms with Gasteiger partial charge in [-0.1, -0.05) is 34.6 Å². The smallest absolute Gasteiger partial charge is 0.311 e. The van der Waals surface area contributed by atoms with Crippen LogP contribution in [0.1, 0.15) is 63.5 Å². The lowest BCUT2D eigenvalue weighted by Crippen LogP contribution is -2.42. The van der Waals surface area contributed by atoms with Crippen LogP contribution in [0, 0.1) is 11.3 Å². The second-order valence-corrected chi connectivity index (χ2v) is 6.41. The molecule has 1 aromatic heterocycles. The van der Waals surface area contributed by atoms with E-state index in [4.69, 9.17) is 0 Å². The molecule has 0 unspecified atom stereocenters. The van der Waals surface area contributed by atoms with Crippen LogP contribution in [0.15, 0.2) is 6.20 Å². The van der Waals surface area contributed by atoms with Crippen molar-refractivity contribution in [1.82, 2.24) is 15.1 Å². The highest BCUT2D eigenvalue weighted by atomic mass is 16.4. The first-order valence-corrected chi connectivity index (χ1v) is 8.37. The zero-order valence-electron chi connectivity index (χ0n) is 14.8. The summed E-state index contributed by atoms with van der Waals surface area (Å²) in [6, 6.07) is 0. The van der Waals surface area contributed by atoms with E-state index in [2.05, 4.69) is 24.3 Å². The van der Waals surface area contributed by atoms with Gasteiger partial charge in [-0.25, -0.2) is 0 Å². The van der Waals surface area contributed by atoms with Crippen molar-refractivity contribution in [3.05, 3.63) is 17.5 Å². The summed E-state index contributed by atoms with van der Waals surface area (Å²) in [5, 5.41) is 16.5. The monoisotopic (exact) mass is 323 g/mol. The SMILES string of the molecule is CCc1c(C(=O)NCC(CC)(CC)C(=O)O)cnn1CC(C)C.